The van der Waals surface area contributed by atoms with Gasteiger partial charge in [0.25, 0.3) is 5.91 Å². The van der Waals surface area contributed by atoms with Crippen LogP contribution in [-0.4, -0.2) is 46.4 Å². The summed E-state index contributed by atoms with van der Waals surface area (Å²) in [5.41, 5.74) is 0.572. The first-order valence-corrected chi connectivity index (χ1v) is 10.3. The van der Waals surface area contributed by atoms with Gasteiger partial charge in [0.2, 0.25) is 5.75 Å². The lowest BCUT2D eigenvalue weighted by atomic mass is 10.2. The van der Waals surface area contributed by atoms with Crippen molar-refractivity contribution in [3.63, 3.8) is 0 Å². The van der Waals surface area contributed by atoms with Crippen molar-refractivity contribution in [3.8, 4) is 23.0 Å². The van der Waals surface area contributed by atoms with Crippen LogP contribution in [0.25, 0.3) is 0 Å². The number of ether oxygens (including phenoxy) is 5. The smallest absolute Gasteiger partial charge is 0.341 e. The molecule has 0 unspecified atom stereocenters. The molecule has 0 atom stereocenters. The van der Waals surface area contributed by atoms with Gasteiger partial charge in [-0.25, -0.2) is 4.79 Å². The molecule has 10 heteroatoms. The first-order chi connectivity index (χ1) is 14.4. The minimum atomic E-state index is -0.763. The predicted octanol–water partition coefficient (Wildman–Crippen LogP) is 4.43. The number of halogens is 2. The van der Waals surface area contributed by atoms with Crippen molar-refractivity contribution in [2.45, 2.75) is 6.92 Å². The van der Waals surface area contributed by atoms with E-state index in [4.69, 9.17) is 23.7 Å². The molecule has 0 fully saturated rings. The average Bonchev–Trinajstić information content (AvgIpc) is 2.73. The van der Waals surface area contributed by atoms with Gasteiger partial charge in [-0.15, -0.1) is 0 Å². The van der Waals surface area contributed by atoms with Crippen LogP contribution in [0.2, 0.25) is 0 Å². The molecule has 0 radical (unpaired) electrons. The highest BCUT2D eigenvalue weighted by molar-refractivity contribution is 9.11. The third-order valence-electron chi connectivity index (χ3n) is 3.86. The molecule has 0 heterocycles. The molecule has 2 rings (SSSR count). The summed E-state index contributed by atoms with van der Waals surface area (Å²) in [6, 6.07) is 6.97. The summed E-state index contributed by atoms with van der Waals surface area (Å²) in [4.78, 5) is 25.0. The van der Waals surface area contributed by atoms with E-state index in [2.05, 4.69) is 37.2 Å². The van der Waals surface area contributed by atoms with E-state index in [9.17, 15) is 9.59 Å². The number of esters is 1. The fraction of sp³-hybridized carbons (Fsp3) is 0.300. The molecular weight excluding hydrogens is 526 g/mol. The van der Waals surface area contributed by atoms with Crippen molar-refractivity contribution in [1.29, 1.82) is 0 Å². The van der Waals surface area contributed by atoms with Gasteiger partial charge >= 0.3 is 5.97 Å². The SMILES string of the molecule is CCOc1ccccc1NC(=O)COC(=O)c1c(Br)c(OC)c(OC)c(OC)c1Br. The molecular formula is C20H21Br2NO7. The summed E-state index contributed by atoms with van der Waals surface area (Å²) in [5, 5.41) is 2.66. The molecule has 2 aromatic rings. The van der Waals surface area contributed by atoms with Gasteiger partial charge in [-0.05, 0) is 50.9 Å². The van der Waals surface area contributed by atoms with Gasteiger partial charge in [0.05, 0.1) is 48.1 Å². The number of para-hydroxylation sites is 2. The van der Waals surface area contributed by atoms with Crippen molar-refractivity contribution < 1.29 is 33.3 Å². The molecule has 2 aromatic carbocycles. The molecule has 0 aliphatic rings. The standard InChI is InChI=1S/C20H21Br2NO7/c1-5-29-12-9-7-6-8-11(12)23-13(24)10-30-20(25)14-15(21)17(26-2)19(28-4)18(27-3)16(14)22/h6-9H,5,10H2,1-4H3,(H,23,24). The quantitative estimate of drug-likeness (QED) is 0.465. The molecule has 162 valence electrons. The highest BCUT2D eigenvalue weighted by atomic mass is 79.9. The second-order valence-electron chi connectivity index (χ2n) is 5.66. The van der Waals surface area contributed by atoms with E-state index < -0.39 is 18.5 Å². The van der Waals surface area contributed by atoms with Gasteiger partial charge < -0.3 is 29.0 Å². The Labute approximate surface area is 191 Å². The molecule has 1 N–H and O–H groups in total. The van der Waals surface area contributed by atoms with Gasteiger partial charge in [0.15, 0.2) is 18.1 Å². The van der Waals surface area contributed by atoms with E-state index in [0.717, 1.165) is 0 Å². The Balaban J connectivity index is 2.20. The van der Waals surface area contributed by atoms with Gasteiger partial charge in [-0.2, -0.15) is 0 Å². The molecule has 0 aliphatic carbocycles. The first kappa shape index (κ1) is 23.8. The van der Waals surface area contributed by atoms with Crippen molar-refractivity contribution in [2.24, 2.45) is 0 Å². The topological polar surface area (TPSA) is 92.3 Å². The number of amides is 1. The van der Waals surface area contributed by atoms with Gasteiger partial charge in [0, 0.05) is 0 Å². The molecule has 0 aromatic heterocycles. The monoisotopic (exact) mass is 545 g/mol. The number of hydrogen-bond donors (Lipinski definition) is 1. The van der Waals surface area contributed by atoms with E-state index in [0.29, 0.717) is 32.7 Å². The van der Waals surface area contributed by atoms with Crippen LogP contribution in [0.4, 0.5) is 5.69 Å². The summed E-state index contributed by atoms with van der Waals surface area (Å²) in [7, 11) is 4.30. The van der Waals surface area contributed by atoms with Gasteiger partial charge in [0.1, 0.15) is 5.75 Å². The molecule has 0 aliphatic heterocycles. The van der Waals surface area contributed by atoms with E-state index in [1.54, 1.807) is 24.3 Å². The van der Waals surface area contributed by atoms with Crippen molar-refractivity contribution in [1.82, 2.24) is 0 Å². The van der Waals surface area contributed by atoms with E-state index >= 15 is 0 Å². The van der Waals surface area contributed by atoms with Crippen LogP contribution in [0.15, 0.2) is 33.2 Å². The van der Waals surface area contributed by atoms with Crippen LogP contribution in [0.3, 0.4) is 0 Å². The van der Waals surface area contributed by atoms with Crippen LogP contribution in [0.1, 0.15) is 17.3 Å². The molecule has 8 nitrogen and oxygen atoms in total. The number of carbonyl (C=O) groups excluding carboxylic acids is 2. The second-order valence-corrected chi connectivity index (χ2v) is 7.24. The summed E-state index contributed by atoms with van der Waals surface area (Å²) < 4.78 is 27.2. The molecule has 1 amide bonds. The van der Waals surface area contributed by atoms with Crippen molar-refractivity contribution >= 4 is 49.4 Å². The maximum Gasteiger partial charge on any atom is 0.341 e. The summed E-state index contributed by atoms with van der Waals surface area (Å²) in [6.07, 6.45) is 0. The fourth-order valence-corrected chi connectivity index (χ4v) is 4.27. The van der Waals surface area contributed by atoms with Gasteiger partial charge in [-0.1, -0.05) is 12.1 Å². The van der Waals surface area contributed by atoms with Crippen molar-refractivity contribution in [2.75, 3.05) is 39.9 Å². The fourth-order valence-electron chi connectivity index (χ4n) is 2.60. The largest absolute Gasteiger partial charge is 0.492 e. The highest BCUT2D eigenvalue weighted by Crippen LogP contribution is 2.50. The van der Waals surface area contributed by atoms with E-state index in [1.165, 1.54) is 21.3 Å². The summed E-state index contributed by atoms with van der Waals surface area (Å²) in [6.45, 7) is 1.79. The third kappa shape index (κ3) is 5.17. The predicted molar refractivity (Wildman–Crippen MR) is 118 cm³/mol. The van der Waals surface area contributed by atoms with Gasteiger partial charge in [-0.3, -0.25) is 4.79 Å². The van der Waals surface area contributed by atoms with Crippen LogP contribution in [0.5, 0.6) is 23.0 Å². The Kier molecular flexibility index (Phi) is 8.79. The third-order valence-corrected chi connectivity index (χ3v) is 5.38. The van der Waals surface area contributed by atoms with E-state index in [1.807, 2.05) is 6.92 Å². The molecule has 30 heavy (non-hydrogen) atoms. The normalized spacial score (nSPS) is 10.2. The van der Waals surface area contributed by atoms with Crippen LogP contribution >= 0.6 is 31.9 Å². The minimum absolute atomic E-state index is 0.0898. The number of rotatable bonds is 9. The van der Waals surface area contributed by atoms with Crippen LogP contribution in [-0.2, 0) is 9.53 Å². The zero-order valence-corrected chi connectivity index (χ0v) is 20.0. The maximum atomic E-state index is 12.7. The average molecular weight is 547 g/mol. The second kappa shape index (κ2) is 11.1. The molecule has 0 spiro atoms. The zero-order chi connectivity index (χ0) is 22.3. The van der Waals surface area contributed by atoms with Crippen molar-refractivity contribution in [3.05, 3.63) is 38.8 Å². The maximum absolute atomic E-state index is 12.7. The Hall–Kier alpha value is -2.46. The summed E-state index contributed by atoms with van der Waals surface area (Å²) in [5.74, 6) is 0.0333. The Morgan fingerprint density at radius 3 is 2.03 bits per heavy atom. The number of benzene rings is 2. The number of anilines is 1. The molecule has 0 bridgehead atoms. The highest BCUT2D eigenvalue weighted by Gasteiger charge is 2.29. The minimum Gasteiger partial charge on any atom is -0.492 e. The molecule has 0 saturated carbocycles. The Morgan fingerprint density at radius 2 is 1.50 bits per heavy atom. The lowest BCUT2D eigenvalue weighted by Crippen LogP contribution is -2.22. The number of methoxy groups -OCH3 is 3. The Bertz CT molecular complexity index is 903. The number of carbonyl (C=O) groups is 2. The number of nitrogens with one attached hydrogen (secondary N) is 1. The zero-order valence-electron chi connectivity index (χ0n) is 16.8. The van der Waals surface area contributed by atoms with E-state index in [-0.39, 0.29) is 17.1 Å². The summed E-state index contributed by atoms with van der Waals surface area (Å²) >= 11 is 6.65. The van der Waals surface area contributed by atoms with Crippen LogP contribution < -0.4 is 24.3 Å². The van der Waals surface area contributed by atoms with Crippen LogP contribution in [0, 0.1) is 0 Å². The first-order valence-electron chi connectivity index (χ1n) is 8.75. The Morgan fingerprint density at radius 1 is 0.933 bits per heavy atom. The lowest BCUT2D eigenvalue weighted by molar-refractivity contribution is -0.119. The number of hydrogen-bond acceptors (Lipinski definition) is 7. The molecule has 0 saturated heterocycles. The lowest BCUT2D eigenvalue weighted by Gasteiger charge is -2.18.